The molecule has 1 saturated heterocycles. The molecule has 2 atom stereocenters. The number of nitrogens with zero attached hydrogens (tertiary/aromatic N) is 5. The zero-order valence-corrected chi connectivity index (χ0v) is 13.9. The molecule has 0 saturated carbocycles. The van der Waals surface area contributed by atoms with Crippen LogP contribution in [0.1, 0.15) is 34.1 Å². The lowest BCUT2D eigenvalue weighted by Gasteiger charge is -2.42. The third-order valence-electron chi connectivity index (χ3n) is 4.52. The van der Waals surface area contributed by atoms with Crippen LogP contribution in [0.4, 0.5) is 0 Å². The molecule has 7 nitrogen and oxygen atoms in total. The Morgan fingerprint density at radius 1 is 1.21 bits per heavy atom. The minimum Gasteiger partial charge on any atom is -0.329 e. The topological polar surface area (TPSA) is 74.2 Å². The third-order valence-corrected chi connectivity index (χ3v) is 4.74. The smallest absolute Gasteiger partial charge is 0.273 e. The number of rotatable bonds is 2. The molecule has 124 valence electrons. The summed E-state index contributed by atoms with van der Waals surface area (Å²) in [7, 11) is 2.08. The van der Waals surface area contributed by atoms with Crippen LogP contribution in [0.3, 0.4) is 0 Å². The van der Waals surface area contributed by atoms with E-state index in [0.717, 1.165) is 25.3 Å². The number of piperazine rings is 1. The van der Waals surface area contributed by atoms with E-state index in [4.69, 9.17) is 11.6 Å². The highest BCUT2D eigenvalue weighted by atomic mass is 35.5. The van der Waals surface area contributed by atoms with Gasteiger partial charge in [-0.3, -0.25) is 19.7 Å². The average molecular weight is 345 g/mol. The monoisotopic (exact) mass is 344 g/mol. The summed E-state index contributed by atoms with van der Waals surface area (Å²) in [4.78, 5) is 29.7. The summed E-state index contributed by atoms with van der Waals surface area (Å²) in [6, 6.07) is 3.82. The molecular weight excluding hydrogens is 328 g/mol. The molecule has 0 aromatic carbocycles. The number of hydrogen-bond donors (Lipinski definition) is 1. The van der Waals surface area contributed by atoms with Crippen molar-refractivity contribution in [3.05, 3.63) is 52.8 Å². The Hall–Kier alpha value is -2.09. The molecule has 2 aliphatic heterocycles. The molecule has 0 bridgehead atoms. The first-order chi connectivity index (χ1) is 11.6. The summed E-state index contributed by atoms with van der Waals surface area (Å²) >= 11 is 5.97. The molecule has 8 heteroatoms. The Morgan fingerprint density at radius 2 is 2.04 bits per heavy atom. The first-order valence-corrected chi connectivity index (χ1v) is 8.19. The minimum atomic E-state index is -0.280. The van der Waals surface area contributed by atoms with Gasteiger partial charge in [-0.15, -0.1) is 0 Å². The Morgan fingerprint density at radius 3 is 2.83 bits per heavy atom. The summed E-state index contributed by atoms with van der Waals surface area (Å²) in [5.41, 5.74) is 2.02. The summed E-state index contributed by atoms with van der Waals surface area (Å²) in [6.07, 6.45) is 4.54. The van der Waals surface area contributed by atoms with E-state index in [1.807, 2.05) is 12.1 Å². The number of carbonyl (C=O) groups is 1. The number of amides is 1. The SMILES string of the molecule is CN1CCN(C2NC(=O)c3nccnc32)C(c2ccc(Cl)cn2)C1. The number of carbonyl (C=O) groups excluding carboxylic acids is 1. The van der Waals surface area contributed by atoms with Crippen molar-refractivity contribution in [2.45, 2.75) is 12.2 Å². The maximum absolute atomic E-state index is 12.2. The predicted octanol–water partition coefficient (Wildman–Crippen LogP) is 1.26. The number of halogens is 1. The van der Waals surface area contributed by atoms with Crippen molar-refractivity contribution in [1.29, 1.82) is 0 Å². The maximum atomic E-state index is 12.2. The van der Waals surface area contributed by atoms with Gasteiger partial charge < -0.3 is 10.2 Å². The summed E-state index contributed by atoms with van der Waals surface area (Å²) in [5.74, 6) is -0.176. The van der Waals surface area contributed by atoms with Gasteiger partial charge in [0, 0.05) is 38.2 Å². The largest absolute Gasteiger partial charge is 0.329 e. The maximum Gasteiger partial charge on any atom is 0.273 e. The molecule has 0 aliphatic carbocycles. The van der Waals surface area contributed by atoms with Crippen LogP contribution < -0.4 is 5.32 Å². The van der Waals surface area contributed by atoms with Crippen LogP contribution >= 0.6 is 11.6 Å². The van der Waals surface area contributed by atoms with E-state index in [0.29, 0.717) is 16.4 Å². The van der Waals surface area contributed by atoms with E-state index in [1.54, 1.807) is 18.6 Å². The molecule has 0 radical (unpaired) electrons. The molecule has 4 rings (SSSR count). The van der Waals surface area contributed by atoms with Gasteiger partial charge in [-0.05, 0) is 19.2 Å². The average Bonchev–Trinajstić information content (AvgIpc) is 2.93. The standard InChI is InChI=1S/C16H17ClN6O/c1-22-6-7-23(12(9-22)11-3-2-10(17)8-20-11)15-13-14(16(24)21-15)19-5-4-18-13/h2-5,8,12,15H,6-7,9H2,1H3,(H,21,24). The molecule has 2 aliphatic rings. The van der Waals surface area contributed by atoms with E-state index in [-0.39, 0.29) is 18.1 Å². The molecule has 2 aromatic rings. The Bertz CT molecular complexity index is 767. The summed E-state index contributed by atoms with van der Waals surface area (Å²) in [6.45, 7) is 2.52. The summed E-state index contributed by atoms with van der Waals surface area (Å²) < 4.78 is 0. The molecule has 2 aromatic heterocycles. The number of pyridine rings is 1. The van der Waals surface area contributed by atoms with Crippen LogP contribution in [0.15, 0.2) is 30.7 Å². The van der Waals surface area contributed by atoms with Gasteiger partial charge in [0.15, 0.2) is 5.69 Å². The van der Waals surface area contributed by atoms with Crippen LogP contribution in [0.2, 0.25) is 5.02 Å². The number of hydrogen-bond acceptors (Lipinski definition) is 6. The molecular formula is C16H17ClN6O. The molecule has 0 spiro atoms. The number of aromatic nitrogens is 3. The Kier molecular flexibility index (Phi) is 3.91. The second-order valence-electron chi connectivity index (χ2n) is 6.08. The van der Waals surface area contributed by atoms with Crippen molar-refractivity contribution < 1.29 is 4.79 Å². The lowest BCUT2D eigenvalue weighted by atomic mass is 10.1. The number of fused-ring (bicyclic) bond motifs is 1. The zero-order valence-electron chi connectivity index (χ0n) is 13.2. The van der Waals surface area contributed by atoms with Crippen molar-refractivity contribution in [1.82, 2.24) is 30.1 Å². The second-order valence-corrected chi connectivity index (χ2v) is 6.52. The minimum absolute atomic E-state index is 0.0410. The Labute approximate surface area is 144 Å². The molecule has 1 fully saturated rings. The normalized spacial score (nSPS) is 24.7. The fraction of sp³-hybridized carbons (Fsp3) is 0.375. The predicted molar refractivity (Wildman–Crippen MR) is 88.4 cm³/mol. The lowest BCUT2D eigenvalue weighted by Crippen LogP contribution is -2.50. The Balaban J connectivity index is 1.70. The van der Waals surface area contributed by atoms with Crippen LogP contribution in [0.25, 0.3) is 0 Å². The van der Waals surface area contributed by atoms with Gasteiger partial charge >= 0.3 is 0 Å². The lowest BCUT2D eigenvalue weighted by molar-refractivity contribution is 0.0363. The number of nitrogens with one attached hydrogen (secondary N) is 1. The van der Waals surface area contributed by atoms with E-state index in [9.17, 15) is 4.79 Å². The highest BCUT2D eigenvalue weighted by Gasteiger charge is 2.40. The van der Waals surface area contributed by atoms with E-state index in [1.165, 1.54) is 0 Å². The van der Waals surface area contributed by atoms with E-state index < -0.39 is 0 Å². The highest BCUT2D eigenvalue weighted by Crippen LogP contribution is 2.34. The quantitative estimate of drug-likeness (QED) is 0.884. The molecule has 24 heavy (non-hydrogen) atoms. The fourth-order valence-corrected chi connectivity index (χ4v) is 3.43. The van der Waals surface area contributed by atoms with Crippen molar-refractivity contribution in [3.8, 4) is 0 Å². The van der Waals surface area contributed by atoms with Gasteiger partial charge in [0.1, 0.15) is 11.9 Å². The van der Waals surface area contributed by atoms with Gasteiger partial charge in [-0.25, -0.2) is 4.98 Å². The molecule has 1 amide bonds. The van der Waals surface area contributed by atoms with Crippen molar-refractivity contribution in [2.75, 3.05) is 26.7 Å². The van der Waals surface area contributed by atoms with Gasteiger partial charge in [-0.2, -0.15) is 0 Å². The van der Waals surface area contributed by atoms with Crippen LogP contribution in [-0.2, 0) is 0 Å². The van der Waals surface area contributed by atoms with Gasteiger partial charge in [0.25, 0.3) is 5.91 Å². The van der Waals surface area contributed by atoms with E-state index >= 15 is 0 Å². The van der Waals surface area contributed by atoms with Gasteiger partial charge in [0.05, 0.1) is 16.8 Å². The first-order valence-electron chi connectivity index (χ1n) is 7.81. The second kappa shape index (κ2) is 6.08. The molecule has 2 unspecified atom stereocenters. The van der Waals surface area contributed by atoms with Gasteiger partial charge in [-0.1, -0.05) is 11.6 Å². The van der Waals surface area contributed by atoms with Crippen molar-refractivity contribution >= 4 is 17.5 Å². The van der Waals surface area contributed by atoms with Crippen LogP contribution in [-0.4, -0.2) is 57.3 Å². The fourth-order valence-electron chi connectivity index (χ4n) is 3.31. The van der Waals surface area contributed by atoms with E-state index in [2.05, 4.69) is 37.1 Å². The van der Waals surface area contributed by atoms with Gasteiger partial charge in [0.2, 0.25) is 0 Å². The molecule has 1 N–H and O–H groups in total. The zero-order chi connectivity index (χ0) is 16.7. The highest BCUT2D eigenvalue weighted by molar-refractivity contribution is 6.30. The van der Waals surface area contributed by atoms with Crippen molar-refractivity contribution in [3.63, 3.8) is 0 Å². The third kappa shape index (κ3) is 2.64. The van der Waals surface area contributed by atoms with Crippen LogP contribution in [0.5, 0.6) is 0 Å². The molecule has 4 heterocycles. The van der Waals surface area contributed by atoms with Crippen molar-refractivity contribution in [2.24, 2.45) is 0 Å². The van der Waals surface area contributed by atoms with Crippen LogP contribution in [0, 0.1) is 0 Å². The first kappa shape index (κ1) is 15.4. The summed E-state index contributed by atoms with van der Waals surface area (Å²) in [5, 5.41) is 3.62. The number of likely N-dealkylation sites (N-methyl/N-ethyl adjacent to an activating group) is 1.